The number of aromatic nitrogens is 1. The maximum absolute atomic E-state index is 12.5. The minimum absolute atomic E-state index is 0.113. The molecule has 0 amide bonds. The van der Waals surface area contributed by atoms with Crippen molar-refractivity contribution in [2.24, 2.45) is 0 Å². The molecule has 0 unspecified atom stereocenters. The highest BCUT2D eigenvalue weighted by Gasteiger charge is 2.19. The number of aliphatic hydroxyl groups is 1. The molecule has 6 heteroatoms. The number of nitrogen functional groups attached to an aromatic ring is 1. The van der Waals surface area contributed by atoms with Crippen molar-refractivity contribution in [2.75, 3.05) is 5.73 Å². The van der Waals surface area contributed by atoms with Crippen LogP contribution in [0, 0.1) is 11.3 Å². The lowest BCUT2D eigenvalue weighted by molar-refractivity contribution is 0.147. The summed E-state index contributed by atoms with van der Waals surface area (Å²) in [5.74, 6) is 0. The molecule has 1 aromatic rings. The van der Waals surface area contributed by atoms with Crippen molar-refractivity contribution in [1.29, 1.82) is 5.26 Å². The Balaban J connectivity index is 3.41. The van der Waals surface area contributed by atoms with Crippen molar-refractivity contribution in [2.45, 2.75) is 13.0 Å². The van der Waals surface area contributed by atoms with Crippen LogP contribution >= 0.6 is 0 Å². The van der Waals surface area contributed by atoms with E-state index in [4.69, 9.17) is 16.1 Å². The number of anilines is 1. The van der Waals surface area contributed by atoms with Gasteiger partial charge >= 0.3 is 0 Å². The molecule has 0 saturated carbocycles. The van der Waals surface area contributed by atoms with Crippen LogP contribution in [-0.2, 0) is 6.61 Å². The first-order chi connectivity index (χ1) is 6.61. The number of hydrogen-bond acceptors (Lipinski definition) is 4. The molecule has 0 atom stereocenters. The van der Waals surface area contributed by atoms with Gasteiger partial charge in [0.2, 0.25) is 0 Å². The summed E-state index contributed by atoms with van der Waals surface area (Å²) in [6.07, 6.45) is -1.79. The van der Waals surface area contributed by atoms with Gasteiger partial charge in [0.25, 0.3) is 6.43 Å². The number of nitrogens with two attached hydrogens (primary N) is 1. The fourth-order valence-corrected chi connectivity index (χ4v) is 1.04. The molecular formula is C8H7F2N3O. The van der Waals surface area contributed by atoms with Gasteiger partial charge in [-0.25, -0.2) is 8.78 Å². The molecule has 74 valence electrons. The maximum Gasteiger partial charge on any atom is 0.267 e. The molecule has 0 aliphatic rings. The Hall–Kier alpha value is -1.74. The third-order valence-corrected chi connectivity index (χ3v) is 1.73. The normalized spacial score (nSPS) is 10.2. The van der Waals surface area contributed by atoms with Crippen LogP contribution < -0.4 is 5.73 Å². The second-order valence-corrected chi connectivity index (χ2v) is 2.52. The zero-order valence-electron chi connectivity index (χ0n) is 7.04. The number of aliphatic hydroxyl groups excluding tert-OH is 1. The summed E-state index contributed by atoms with van der Waals surface area (Å²) in [4.78, 5) is 3.52. The highest BCUT2D eigenvalue weighted by molar-refractivity contribution is 5.60. The zero-order valence-corrected chi connectivity index (χ0v) is 7.04. The van der Waals surface area contributed by atoms with Crippen LogP contribution in [0.5, 0.6) is 0 Å². The van der Waals surface area contributed by atoms with E-state index in [1.54, 1.807) is 6.07 Å². The second kappa shape index (κ2) is 3.98. The van der Waals surface area contributed by atoms with Gasteiger partial charge < -0.3 is 10.8 Å². The van der Waals surface area contributed by atoms with Gasteiger partial charge in [-0.3, -0.25) is 4.98 Å². The van der Waals surface area contributed by atoms with E-state index >= 15 is 0 Å². The number of alkyl halides is 2. The summed E-state index contributed by atoms with van der Waals surface area (Å²) in [5, 5.41) is 17.2. The Labute approximate surface area is 78.6 Å². The minimum Gasteiger partial charge on any atom is -0.397 e. The van der Waals surface area contributed by atoms with E-state index in [0.29, 0.717) is 0 Å². The summed E-state index contributed by atoms with van der Waals surface area (Å²) < 4.78 is 24.9. The van der Waals surface area contributed by atoms with E-state index in [1.165, 1.54) is 0 Å². The average molecular weight is 199 g/mol. The molecule has 14 heavy (non-hydrogen) atoms. The number of nitriles is 1. The highest BCUT2D eigenvalue weighted by Crippen LogP contribution is 2.29. The summed E-state index contributed by atoms with van der Waals surface area (Å²) in [5.41, 5.74) is 4.13. The molecule has 4 nitrogen and oxygen atoms in total. The number of nitrogens with zero attached hydrogens (tertiary/aromatic N) is 2. The molecular weight excluding hydrogens is 192 g/mol. The fourth-order valence-electron chi connectivity index (χ4n) is 1.04. The fraction of sp³-hybridized carbons (Fsp3) is 0.250. The van der Waals surface area contributed by atoms with Crippen molar-refractivity contribution >= 4 is 5.69 Å². The van der Waals surface area contributed by atoms with Gasteiger partial charge in [-0.05, 0) is 0 Å². The Morgan fingerprint density at radius 1 is 1.64 bits per heavy atom. The van der Waals surface area contributed by atoms with Crippen LogP contribution in [0.2, 0.25) is 0 Å². The van der Waals surface area contributed by atoms with Crippen LogP contribution in [0.25, 0.3) is 0 Å². The highest BCUT2D eigenvalue weighted by atomic mass is 19.3. The molecule has 1 heterocycles. The third kappa shape index (κ3) is 1.63. The van der Waals surface area contributed by atoms with Crippen molar-refractivity contribution in [3.05, 3.63) is 23.0 Å². The monoisotopic (exact) mass is 199 g/mol. The predicted molar refractivity (Wildman–Crippen MR) is 44.2 cm³/mol. The van der Waals surface area contributed by atoms with Crippen LogP contribution in [0.4, 0.5) is 14.5 Å². The Morgan fingerprint density at radius 2 is 2.29 bits per heavy atom. The summed E-state index contributed by atoms with van der Waals surface area (Å²) >= 11 is 0. The molecule has 0 aliphatic carbocycles. The van der Waals surface area contributed by atoms with E-state index in [9.17, 15) is 8.78 Å². The van der Waals surface area contributed by atoms with Crippen LogP contribution in [0.3, 0.4) is 0 Å². The summed E-state index contributed by atoms with van der Waals surface area (Å²) in [7, 11) is 0. The average Bonchev–Trinajstić information content (AvgIpc) is 2.16. The number of halogens is 2. The quantitative estimate of drug-likeness (QED) is 0.743. The standard InChI is InChI=1S/C8H7F2N3O/c9-8(10)6-5(3-14)13-2-4(1-11)7(6)12/h2,8,14H,3H2,(H2,12,13). The first-order valence-corrected chi connectivity index (χ1v) is 3.68. The first kappa shape index (κ1) is 10.3. The predicted octanol–water partition coefficient (Wildman–Crippen LogP) is 0.965. The Kier molecular flexibility index (Phi) is 2.94. The van der Waals surface area contributed by atoms with Gasteiger partial charge in [-0.15, -0.1) is 0 Å². The molecule has 0 fully saturated rings. The van der Waals surface area contributed by atoms with Gasteiger partial charge in [0, 0.05) is 6.20 Å². The molecule has 0 aliphatic heterocycles. The smallest absolute Gasteiger partial charge is 0.267 e. The van der Waals surface area contributed by atoms with E-state index in [0.717, 1.165) is 6.20 Å². The van der Waals surface area contributed by atoms with E-state index in [1.807, 2.05) is 0 Å². The molecule has 0 radical (unpaired) electrons. The van der Waals surface area contributed by atoms with Crippen LogP contribution in [0.1, 0.15) is 23.2 Å². The lowest BCUT2D eigenvalue weighted by Gasteiger charge is -2.09. The van der Waals surface area contributed by atoms with Gasteiger partial charge in [0.05, 0.1) is 29.1 Å². The maximum atomic E-state index is 12.5. The lowest BCUT2D eigenvalue weighted by atomic mass is 10.1. The number of pyridine rings is 1. The first-order valence-electron chi connectivity index (χ1n) is 3.68. The van der Waals surface area contributed by atoms with Crippen LogP contribution in [0.15, 0.2) is 6.20 Å². The van der Waals surface area contributed by atoms with Gasteiger partial charge in [-0.2, -0.15) is 5.26 Å². The van der Waals surface area contributed by atoms with E-state index in [2.05, 4.69) is 4.98 Å². The topological polar surface area (TPSA) is 82.9 Å². The van der Waals surface area contributed by atoms with Crippen molar-refractivity contribution < 1.29 is 13.9 Å². The summed E-state index contributed by atoms with van der Waals surface area (Å²) in [6, 6.07) is 1.64. The van der Waals surface area contributed by atoms with Gasteiger partial charge in [0.15, 0.2) is 0 Å². The van der Waals surface area contributed by atoms with E-state index in [-0.39, 0.29) is 16.9 Å². The molecule has 0 bridgehead atoms. The van der Waals surface area contributed by atoms with Crippen molar-refractivity contribution in [1.82, 2.24) is 4.98 Å². The summed E-state index contributed by atoms with van der Waals surface area (Å²) in [6.45, 7) is -0.629. The Bertz CT molecular complexity index is 387. The molecule has 1 aromatic heterocycles. The van der Waals surface area contributed by atoms with E-state index < -0.39 is 18.6 Å². The second-order valence-electron chi connectivity index (χ2n) is 2.52. The molecule has 0 spiro atoms. The number of rotatable bonds is 2. The molecule has 0 aromatic carbocycles. The van der Waals surface area contributed by atoms with Crippen molar-refractivity contribution in [3.63, 3.8) is 0 Å². The number of hydrogen-bond donors (Lipinski definition) is 2. The minimum atomic E-state index is -2.85. The van der Waals surface area contributed by atoms with Crippen molar-refractivity contribution in [3.8, 4) is 6.07 Å². The Morgan fingerprint density at radius 3 is 2.71 bits per heavy atom. The largest absolute Gasteiger partial charge is 0.397 e. The SMILES string of the molecule is N#Cc1cnc(CO)c(C(F)F)c1N. The van der Waals surface area contributed by atoms with Gasteiger partial charge in [0.1, 0.15) is 6.07 Å². The van der Waals surface area contributed by atoms with Crippen LogP contribution in [-0.4, -0.2) is 10.1 Å². The molecule has 3 N–H and O–H groups in total. The third-order valence-electron chi connectivity index (χ3n) is 1.73. The lowest BCUT2D eigenvalue weighted by Crippen LogP contribution is -2.05. The zero-order chi connectivity index (χ0) is 10.7. The van der Waals surface area contributed by atoms with Gasteiger partial charge in [-0.1, -0.05) is 0 Å². The molecule has 0 saturated heterocycles. The molecule has 1 rings (SSSR count).